The summed E-state index contributed by atoms with van der Waals surface area (Å²) < 4.78 is 17.7. The Morgan fingerprint density at radius 2 is 1.84 bits per heavy atom. The van der Waals surface area contributed by atoms with Gasteiger partial charge in [0.2, 0.25) is 5.79 Å². The standard InChI is InChI=1S/C23H25ClO7S/c1-29-15-4-6-19-13(8-15)10-16(32-19)9-12-7-14(3-5-17(12)24)23(30-2)22(28)21(27)20(26)18(11-25)31-23/h3-8,10,18,20-22,25-28H,9,11H2,1-2H3/t18?,20-,21?,22-,23+/m1/s1. The van der Waals surface area contributed by atoms with Crippen molar-refractivity contribution in [3.8, 4) is 5.75 Å². The third-order valence-electron chi connectivity index (χ3n) is 5.84. The molecule has 1 saturated heterocycles. The van der Waals surface area contributed by atoms with Crippen LogP contribution in [0.5, 0.6) is 5.75 Å². The molecule has 1 fully saturated rings. The van der Waals surface area contributed by atoms with Gasteiger partial charge in [0.15, 0.2) is 0 Å². The van der Waals surface area contributed by atoms with E-state index in [1.54, 1.807) is 36.6 Å². The van der Waals surface area contributed by atoms with Crippen molar-refractivity contribution in [3.05, 3.63) is 63.5 Å². The molecule has 2 heterocycles. The second kappa shape index (κ2) is 9.24. The number of ether oxygens (including phenoxy) is 3. The SMILES string of the molecule is COc1ccc2sc(Cc3cc([C@]4(OC)OC(CO)[C@@H](O)C(O)[C@H]4O)ccc3Cl)cc2c1. The predicted molar refractivity (Wildman–Crippen MR) is 121 cm³/mol. The molecule has 0 bridgehead atoms. The van der Waals surface area contributed by atoms with Crippen LogP contribution in [0, 0.1) is 0 Å². The Labute approximate surface area is 194 Å². The van der Waals surface area contributed by atoms with Crippen molar-refractivity contribution in [3.63, 3.8) is 0 Å². The minimum atomic E-state index is -1.78. The first-order chi connectivity index (χ1) is 15.3. The minimum Gasteiger partial charge on any atom is -0.497 e. The molecule has 4 rings (SSSR count). The summed E-state index contributed by atoms with van der Waals surface area (Å²) in [7, 11) is 2.96. The third kappa shape index (κ3) is 4.02. The van der Waals surface area contributed by atoms with Crippen molar-refractivity contribution in [1.82, 2.24) is 0 Å². The zero-order chi connectivity index (χ0) is 23.0. The lowest BCUT2D eigenvalue weighted by atomic mass is 9.87. The predicted octanol–water partition coefficient (Wildman–Crippen LogP) is 2.43. The summed E-state index contributed by atoms with van der Waals surface area (Å²) in [6, 6.07) is 13.0. The molecule has 2 unspecified atom stereocenters. The van der Waals surface area contributed by atoms with Crippen LogP contribution < -0.4 is 4.74 Å². The van der Waals surface area contributed by atoms with Crippen LogP contribution in [0.3, 0.4) is 0 Å². The zero-order valence-corrected chi connectivity index (χ0v) is 19.1. The molecule has 0 saturated carbocycles. The van der Waals surface area contributed by atoms with Crippen LogP contribution in [0.25, 0.3) is 10.1 Å². The lowest BCUT2D eigenvalue weighted by Gasteiger charge is -2.47. The smallest absolute Gasteiger partial charge is 0.224 e. The van der Waals surface area contributed by atoms with Gasteiger partial charge in [-0.2, -0.15) is 0 Å². The van der Waals surface area contributed by atoms with E-state index in [2.05, 4.69) is 6.07 Å². The summed E-state index contributed by atoms with van der Waals surface area (Å²) in [6.07, 6.45) is -5.22. The molecule has 0 spiro atoms. The van der Waals surface area contributed by atoms with Crippen LogP contribution in [0.4, 0.5) is 0 Å². The van der Waals surface area contributed by atoms with Gasteiger partial charge in [-0.25, -0.2) is 0 Å². The number of methoxy groups -OCH3 is 2. The van der Waals surface area contributed by atoms with Gasteiger partial charge in [-0.05, 0) is 47.3 Å². The molecule has 9 heteroatoms. The fraction of sp³-hybridized carbons (Fsp3) is 0.391. The number of thiophene rings is 1. The molecule has 2 aromatic carbocycles. The fourth-order valence-corrected chi connectivity index (χ4v) is 5.32. The molecule has 32 heavy (non-hydrogen) atoms. The number of benzene rings is 2. The van der Waals surface area contributed by atoms with Crippen molar-refractivity contribution >= 4 is 33.0 Å². The number of hydrogen-bond donors (Lipinski definition) is 4. The number of aliphatic hydroxyl groups is 4. The molecular weight excluding hydrogens is 456 g/mol. The molecule has 0 amide bonds. The van der Waals surface area contributed by atoms with Gasteiger partial charge in [0, 0.05) is 33.7 Å². The minimum absolute atomic E-state index is 0.416. The average Bonchev–Trinajstić information content (AvgIpc) is 3.21. The topological polar surface area (TPSA) is 109 Å². The van der Waals surface area contributed by atoms with Crippen molar-refractivity contribution in [2.75, 3.05) is 20.8 Å². The summed E-state index contributed by atoms with van der Waals surface area (Å²) in [5, 5.41) is 42.4. The fourth-order valence-electron chi connectivity index (χ4n) is 4.07. The highest BCUT2D eigenvalue weighted by molar-refractivity contribution is 7.19. The summed E-state index contributed by atoms with van der Waals surface area (Å²) in [5.74, 6) is -0.995. The zero-order valence-electron chi connectivity index (χ0n) is 17.6. The Kier molecular flexibility index (Phi) is 6.76. The number of aliphatic hydroxyl groups excluding tert-OH is 4. The van der Waals surface area contributed by atoms with E-state index in [-0.39, 0.29) is 0 Å². The first kappa shape index (κ1) is 23.4. The maximum atomic E-state index is 10.7. The van der Waals surface area contributed by atoms with Crippen LogP contribution >= 0.6 is 22.9 Å². The van der Waals surface area contributed by atoms with Crippen molar-refractivity contribution < 1.29 is 34.6 Å². The van der Waals surface area contributed by atoms with Crippen LogP contribution in [-0.2, 0) is 21.7 Å². The third-order valence-corrected chi connectivity index (χ3v) is 7.33. The Hall–Kier alpha value is -1.75. The lowest BCUT2D eigenvalue weighted by molar-refractivity contribution is -0.366. The second-order valence-corrected chi connectivity index (χ2v) is 9.31. The molecule has 7 nitrogen and oxygen atoms in total. The number of fused-ring (bicyclic) bond motifs is 1. The van der Waals surface area contributed by atoms with E-state index in [0.29, 0.717) is 17.0 Å². The highest BCUT2D eigenvalue weighted by Crippen LogP contribution is 2.41. The molecular formula is C23H25ClO7S. The van der Waals surface area contributed by atoms with Gasteiger partial charge in [0.25, 0.3) is 0 Å². The largest absolute Gasteiger partial charge is 0.497 e. The van der Waals surface area contributed by atoms with Gasteiger partial charge < -0.3 is 34.6 Å². The van der Waals surface area contributed by atoms with Gasteiger partial charge in [-0.15, -0.1) is 11.3 Å². The number of halogens is 1. The molecule has 1 aromatic heterocycles. The monoisotopic (exact) mass is 480 g/mol. The maximum absolute atomic E-state index is 10.7. The van der Waals surface area contributed by atoms with Crippen molar-refractivity contribution in [1.29, 1.82) is 0 Å². The van der Waals surface area contributed by atoms with Crippen molar-refractivity contribution in [2.45, 2.75) is 36.6 Å². The number of hydrogen-bond acceptors (Lipinski definition) is 8. The Morgan fingerprint density at radius 1 is 1.06 bits per heavy atom. The molecule has 1 aliphatic heterocycles. The number of rotatable bonds is 6. The first-order valence-corrected chi connectivity index (χ1v) is 11.3. The van der Waals surface area contributed by atoms with Gasteiger partial charge >= 0.3 is 0 Å². The molecule has 0 aliphatic carbocycles. The Morgan fingerprint density at radius 3 is 2.53 bits per heavy atom. The molecule has 5 atom stereocenters. The van der Waals surface area contributed by atoms with E-state index in [0.717, 1.165) is 26.3 Å². The van der Waals surface area contributed by atoms with Gasteiger partial charge in [0.1, 0.15) is 30.2 Å². The van der Waals surface area contributed by atoms with Gasteiger partial charge in [-0.1, -0.05) is 17.7 Å². The van der Waals surface area contributed by atoms with E-state index in [1.165, 1.54) is 7.11 Å². The summed E-state index contributed by atoms with van der Waals surface area (Å²) >= 11 is 8.11. The van der Waals surface area contributed by atoms with Crippen LogP contribution in [0.15, 0.2) is 42.5 Å². The summed E-state index contributed by atoms with van der Waals surface area (Å²) in [4.78, 5) is 1.08. The van der Waals surface area contributed by atoms with Crippen LogP contribution in [0.2, 0.25) is 5.02 Å². The van der Waals surface area contributed by atoms with Crippen LogP contribution in [0.1, 0.15) is 16.0 Å². The van der Waals surface area contributed by atoms with E-state index >= 15 is 0 Å². The second-order valence-electron chi connectivity index (χ2n) is 7.74. The average molecular weight is 481 g/mol. The molecule has 0 radical (unpaired) electrons. The Bertz CT molecular complexity index is 1100. The highest BCUT2D eigenvalue weighted by atomic mass is 35.5. The van der Waals surface area contributed by atoms with E-state index < -0.39 is 36.8 Å². The molecule has 1 aliphatic rings. The van der Waals surface area contributed by atoms with Crippen molar-refractivity contribution in [2.24, 2.45) is 0 Å². The van der Waals surface area contributed by atoms with Gasteiger partial charge in [0.05, 0.1) is 13.7 Å². The van der Waals surface area contributed by atoms with E-state index in [9.17, 15) is 20.4 Å². The highest BCUT2D eigenvalue weighted by Gasteiger charge is 2.55. The molecule has 172 valence electrons. The van der Waals surface area contributed by atoms with E-state index in [1.807, 2.05) is 18.2 Å². The normalized spacial score (nSPS) is 28.2. The van der Waals surface area contributed by atoms with Crippen LogP contribution in [-0.4, -0.2) is 65.7 Å². The molecule has 4 N–H and O–H groups in total. The van der Waals surface area contributed by atoms with E-state index in [4.69, 9.17) is 25.8 Å². The summed E-state index contributed by atoms with van der Waals surface area (Å²) in [5.41, 5.74) is 1.19. The lowest BCUT2D eigenvalue weighted by Crippen LogP contribution is -2.64. The summed E-state index contributed by atoms with van der Waals surface area (Å²) in [6.45, 7) is -0.554. The maximum Gasteiger partial charge on any atom is 0.224 e. The van der Waals surface area contributed by atoms with Gasteiger partial charge in [-0.3, -0.25) is 0 Å². The first-order valence-electron chi connectivity index (χ1n) is 10.1. The quantitative estimate of drug-likeness (QED) is 0.429. The molecule has 3 aromatic rings. The Balaban J connectivity index is 1.70.